The quantitative estimate of drug-likeness (QED) is 0.714. The van der Waals surface area contributed by atoms with E-state index in [1.807, 2.05) is 35.1 Å². The van der Waals surface area contributed by atoms with E-state index in [1.165, 1.54) is 5.56 Å². The van der Waals surface area contributed by atoms with Gasteiger partial charge in [-0.25, -0.2) is 4.68 Å². The molecule has 0 aliphatic carbocycles. The first kappa shape index (κ1) is 11.6. The topological polar surface area (TPSA) is 53.1 Å². The third-order valence-corrected chi connectivity index (χ3v) is 3.26. The minimum absolute atomic E-state index is 0.674. The largest absolute Gasteiger partial charge is 0.494 e. The number of nitrogen functional groups attached to an aromatic ring is 1. The van der Waals surface area contributed by atoms with Gasteiger partial charge in [-0.15, -0.1) is 0 Å². The van der Waals surface area contributed by atoms with Crippen molar-refractivity contribution in [2.24, 2.45) is 0 Å². The number of nitrogens with zero attached hydrogens (tertiary/aromatic N) is 2. The fourth-order valence-electron chi connectivity index (χ4n) is 2.26. The number of methoxy groups -OCH3 is 1. The number of ether oxygens (including phenoxy) is 1. The predicted octanol–water partition coefficient (Wildman–Crippen LogP) is 2.92. The first-order valence-electron chi connectivity index (χ1n) is 6.08. The minimum Gasteiger partial charge on any atom is -0.494 e. The van der Waals surface area contributed by atoms with Crippen LogP contribution in [0.25, 0.3) is 16.6 Å². The number of aromatic nitrogens is 2. The van der Waals surface area contributed by atoms with E-state index in [0.717, 1.165) is 16.6 Å². The summed E-state index contributed by atoms with van der Waals surface area (Å²) >= 11 is 0. The van der Waals surface area contributed by atoms with Gasteiger partial charge in [0.1, 0.15) is 11.4 Å². The Morgan fingerprint density at radius 3 is 2.84 bits per heavy atom. The lowest BCUT2D eigenvalue weighted by molar-refractivity contribution is 0.412. The highest BCUT2D eigenvalue weighted by atomic mass is 16.5. The molecule has 0 fully saturated rings. The third kappa shape index (κ3) is 1.81. The van der Waals surface area contributed by atoms with Crippen LogP contribution >= 0.6 is 0 Å². The summed E-state index contributed by atoms with van der Waals surface area (Å²) in [5, 5.41) is 5.60. The lowest BCUT2D eigenvalue weighted by atomic mass is 10.1. The fraction of sp³-hybridized carbons (Fsp3) is 0.133. The molecule has 4 heteroatoms. The monoisotopic (exact) mass is 253 g/mol. The van der Waals surface area contributed by atoms with Crippen molar-refractivity contribution in [2.45, 2.75) is 6.92 Å². The van der Waals surface area contributed by atoms with Crippen LogP contribution in [0.15, 0.2) is 42.6 Å². The second-order valence-corrected chi connectivity index (χ2v) is 4.50. The molecule has 2 N–H and O–H groups in total. The summed E-state index contributed by atoms with van der Waals surface area (Å²) in [4.78, 5) is 0. The molecule has 0 amide bonds. The zero-order valence-corrected chi connectivity index (χ0v) is 10.9. The number of rotatable bonds is 2. The molecule has 0 radical (unpaired) electrons. The van der Waals surface area contributed by atoms with Gasteiger partial charge in [-0.3, -0.25) is 0 Å². The molecule has 1 heterocycles. The maximum absolute atomic E-state index is 5.78. The zero-order chi connectivity index (χ0) is 13.4. The number of hydrogen-bond acceptors (Lipinski definition) is 3. The van der Waals surface area contributed by atoms with Crippen molar-refractivity contribution in [1.82, 2.24) is 9.78 Å². The summed E-state index contributed by atoms with van der Waals surface area (Å²) < 4.78 is 7.26. The molecule has 0 saturated carbocycles. The normalized spacial score (nSPS) is 10.8. The van der Waals surface area contributed by atoms with E-state index >= 15 is 0 Å². The lowest BCUT2D eigenvalue weighted by Crippen LogP contribution is -2.00. The Hall–Kier alpha value is -2.49. The van der Waals surface area contributed by atoms with Gasteiger partial charge in [-0.1, -0.05) is 12.1 Å². The maximum atomic E-state index is 5.78. The highest BCUT2D eigenvalue weighted by molar-refractivity contribution is 5.84. The van der Waals surface area contributed by atoms with E-state index in [0.29, 0.717) is 11.4 Å². The number of aryl methyl sites for hydroxylation is 1. The molecular weight excluding hydrogens is 238 g/mol. The highest BCUT2D eigenvalue weighted by Crippen LogP contribution is 2.28. The number of benzene rings is 2. The van der Waals surface area contributed by atoms with Crippen LogP contribution in [-0.4, -0.2) is 16.9 Å². The third-order valence-electron chi connectivity index (χ3n) is 3.26. The van der Waals surface area contributed by atoms with Crippen molar-refractivity contribution in [1.29, 1.82) is 0 Å². The van der Waals surface area contributed by atoms with E-state index in [-0.39, 0.29) is 0 Å². The molecule has 19 heavy (non-hydrogen) atoms. The van der Waals surface area contributed by atoms with Crippen molar-refractivity contribution in [3.63, 3.8) is 0 Å². The number of anilines is 1. The molecule has 0 bridgehead atoms. The zero-order valence-electron chi connectivity index (χ0n) is 10.9. The van der Waals surface area contributed by atoms with Gasteiger partial charge in [0.15, 0.2) is 0 Å². The molecule has 0 spiro atoms. The van der Waals surface area contributed by atoms with Gasteiger partial charge >= 0.3 is 0 Å². The predicted molar refractivity (Wildman–Crippen MR) is 76.8 cm³/mol. The van der Waals surface area contributed by atoms with Crippen LogP contribution in [0.2, 0.25) is 0 Å². The summed E-state index contributed by atoms with van der Waals surface area (Å²) in [5.74, 6) is 0.714. The maximum Gasteiger partial charge on any atom is 0.146 e. The summed E-state index contributed by atoms with van der Waals surface area (Å²) in [7, 11) is 1.63. The summed E-state index contributed by atoms with van der Waals surface area (Å²) in [5.41, 5.74) is 9.61. The Bertz CT molecular complexity index is 746. The van der Waals surface area contributed by atoms with Crippen molar-refractivity contribution < 1.29 is 4.74 Å². The SMILES string of the molecule is COc1cc(N)ccc1-n1ncc2c(C)cccc21. The fourth-order valence-corrected chi connectivity index (χ4v) is 2.26. The van der Waals surface area contributed by atoms with Gasteiger partial charge in [0.05, 0.1) is 18.8 Å². The number of hydrogen-bond donors (Lipinski definition) is 1. The molecule has 4 nitrogen and oxygen atoms in total. The van der Waals surface area contributed by atoms with Crippen molar-refractivity contribution >= 4 is 16.6 Å². The lowest BCUT2D eigenvalue weighted by Gasteiger charge is -2.10. The highest BCUT2D eigenvalue weighted by Gasteiger charge is 2.11. The van der Waals surface area contributed by atoms with E-state index < -0.39 is 0 Å². The molecule has 0 aliphatic rings. The molecule has 1 aromatic heterocycles. The van der Waals surface area contributed by atoms with E-state index in [9.17, 15) is 0 Å². The van der Waals surface area contributed by atoms with Crippen molar-refractivity contribution in [3.8, 4) is 11.4 Å². The summed E-state index contributed by atoms with van der Waals surface area (Å²) in [6.07, 6.45) is 1.88. The molecule has 3 rings (SSSR count). The van der Waals surface area contributed by atoms with E-state index in [1.54, 1.807) is 13.2 Å². The average Bonchev–Trinajstić information content (AvgIpc) is 2.84. The van der Waals surface area contributed by atoms with Crippen LogP contribution in [0.1, 0.15) is 5.56 Å². The van der Waals surface area contributed by atoms with E-state index in [2.05, 4.69) is 18.1 Å². The van der Waals surface area contributed by atoms with Crippen LogP contribution in [0.5, 0.6) is 5.75 Å². The standard InChI is InChI=1S/C15H15N3O/c1-10-4-3-5-13-12(10)9-17-18(13)14-7-6-11(16)8-15(14)19-2/h3-9H,16H2,1-2H3. The average molecular weight is 253 g/mol. The number of nitrogens with two attached hydrogens (primary N) is 1. The van der Waals surface area contributed by atoms with E-state index in [4.69, 9.17) is 10.5 Å². The summed E-state index contributed by atoms with van der Waals surface area (Å²) in [6.45, 7) is 2.08. The van der Waals surface area contributed by atoms with Crippen LogP contribution in [0.4, 0.5) is 5.69 Å². The van der Waals surface area contributed by atoms with Gasteiger partial charge < -0.3 is 10.5 Å². The summed E-state index contributed by atoms with van der Waals surface area (Å²) in [6, 6.07) is 11.7. The molecule has 0 saturated heterocycles. The second-order valence-electron chi connectivity index (χ2n) is 4.50. The Morgan fingerprint density at radius 2 is 2.05 bits per heavy atom. The Kier molecular flexibility index (Phi) is 2.63. The Balaban J connectivity index is 2.28. The molecular formula is C15H15N3O. The Labute approximate surface area is 111 Å². The molecule has 0 aliphatic heterocycles. The van der Waals surface area contributed by atoms with Gasteiger partial charge in [-0.05, 0) is 30.7 Å². The molecule has 0 atom stereocenters. The first-order valence-corrected chi connectivity index (χ1v) is 6.08. The Morgan fingerprint density at radius 1 is 1.21 bits per heavy atom. The van der Waals surface area contributed by atoms with Gasteiger partial charge in [0.2, 0.25) is 0 Å². The minimum atomic E-state index is 0.674. The van der Waals surface area contributed by atoms with Crippen molar-refractivity contribution in [3.05, 3.63) is 48.2 Å². The van der Waals surface area contributed by atoms with Gasteiger partial charge in [-0.2, -0.15) is 5.10 Å². The first-order chi connectivity index (χ1) is 9.20. The second kappa shape index (κ2) is 4.31. The molecule has 2 aromatic carbocycles. The molecule has 3 aromatic rings. The number of fused-ring (bicyclic) bond motifs is 1. The van der Waals surface area contributed by atoms with Gasteiger partial charge in [0.25, 0.3) is 0 Å². The van der Waals surface area contributed by atoms with Crippen LogP contribution in [0, 0.1) is 6.92 Å². The van der Waals surface area contributed by atoms with Crippen LogP contribution in [-0.2, 0) is 0 Å². The van der Waals surface area contributed by atoms with Gasteiger partial charge in [0, 0.05) is 17.1 Å². The van der Waals surface area contributed by atoms with Crippen LogP contribution in [0.3, 0.4) is 0 Å². The smallest absolute Gasteiger partial charge is 0.146 e. The van der Waals surface area contributed by atoms with Crippen molar-refractivity contribution in [2.75, 3.05) is 12.8 Å². The molecule has 0 unspecified atom stereocenters. The van der Waals surface area contributed by atoms with Crippen LogP contribution < -0.4 is 10.5 Å². The molecule has 96 valence electrons.